The Morgan fingerprint density at radius 1 is 1.08 bits per heavy atom. The number of hydrogen-bond acceptors (Lipinski definition) is 4. The number of carbonyl (C=O) groups is 3. The first kappa shape index (κ1) is 17.0. The lowest BCUT2D eigenvalue weighted by molar-refractivity contribution is -0.126. The van der Waals surface area contributed by atoms with Gasteiger partial charge in [0.1, 0.15) is 0 Å². The molecule has 1 aliphatic rings. The van der Waals surface area contributed by atoms with Crippen molar-refractivity contribution in [2.75, 3.05) is 17.7 Å². The van der Waals surface area contributed by atoms with Crippen LogP contribution in [0.5, 0.6) is 0 Å². The highest BCUT2D eigenvalue weighted by Crippen LogP contribution is 2.42. The van der Waals surface area contributed by atoms with Crippen molar-refractivity contribution in [2.24, 2.45) is 0 Å². The van der Waals surface area contributed by atoms with E-state index in [9.17, 15) is 14.4 Å². The van der Waals surface area contributed by atoms with Gasteiger partial charge in [0.05, 0.1) is 5.69 Å². The molecule has 2 aromatic carbocycles. The summed E-state index contributed by atoms with van der Waals surface area (Å²) >= 11 is 1.22. The van der Waals surface area contributed by atoms with Crippen LogP contribution in [0.15, 0.2) is 53.4 Å². The summed E-state index contributed by atoms with van der Waals surface area (Å²) in [6.45, 7) is 1.59. The molecule has 1 unspecified atom stereocenters. The maximum absolute atomic E-state index is 12.7. The van der Waals surface area contributed by atoms with Gasteiger partial charge in [-0.2, -0.15) is 0 Å². The third kappa shape index (κ3) is 3.23. The summed E-state index contributed by atoms with van der Waals surface area (Å²) in [6.07, 6.45) is 0. The van der Waals surface area contributed by atoms with Crippen LogP contribution in [0.25, 0.3) is 0 Å². The van der Waals surface area contributed by atoms with Crippen LogP contribution >= 0.6 is 11.8 Å². The number of carbonyl (C=O) groups excluding carboxylic acids is 3. The lowest BCUT2D eigenvalue weighted by Gasteiger charge is -2.31. The molecule has 0 spiro atoms. The first-order chi connectivity index (χ1) is 11.9. The standard InChI is InChI=1S/C18H17N3O3S/c1-18(17(24)21-13-5-3-4-6-14(13)25-18)16(23)20-12-9-7-11(8-10-12)15(22)19-2/h3-10H,1-2H3,(H,19,22)(H,20,23)(H,21,24). The number of para-hydroxylation sites is 1. The third-order valence-corrected chi connectivity index (χ3v) is 5.30. The van der Waals surface area contributed by atoms with Crippen LogP contribution in [0, 0.1) is 0 Å². The smallest absolute Gasteiger partial charge is 0.251 e. The summed E-state index contributed by atoms with van der Waals surface area (Å²) in [5, 5.41) is 8.05. The molecule has 3 N–H and O–H groups in total. The maximum atomic E-state index is 12.7. The fourth-order valence-electron chi connectivity index (χ4n) is 2.42. The molecule has 25 heavy (non-hydrogen) atoms. The quantitative estimate of drug-likeness (QED) is 0.738. The molecule has 3 rings (SSSR count). The Morgan fingerprint density at radius 3 is 2.44 bits per heavy atom. The Balaban J connectivity index is 1.78. The van der Waals surface area contributed by atoms with E-state index in [-0.39, 0.29) is 11.8 Å². The second kappa shape index (κ2) is 6.60. The van der Waals surface area contributed by atoms with Gasteiger partial charge in [-0.25, -0.2) is 0 Å². The number of fused-ring (bicyclic) bond motifs is 1. The lowest BCUT2D eigenvalue weighted by Crippen LogP contribution is -2.49. The molecule has 0 saturated carbocycles. The van der Waals surface area contributed by atoms with E-state index >= 15 is 0 Å². The number of amides is 3. The lowest BCUT2D eigenvalue weighted by atomic mass is 10.1. The molecule has 6 nitrogen and oxygen atoms in total. The minimum absolute atomic E-state index is 0.205. The van der Waals surface area contributed by atoms with Gasteiger partial charge in [-0.15, -0.1) is 0 Å². The number of anilines is 2. The number of benzene rings is 2. The van der Waals surface area contributed by atoms with Crippen LogP contribution in [-0.4, -0.2) is 29.5 Å². The van der Waals surface area contributed by atoms with Crippen LogP contribution in [0.4, 0.5) is 11.4 Å². The molecule has 7 heteroatoms. The van der Waals surface area contributed by atoms with E-state index in [1.165, 1.54) is 11.8 Å². The van der Waals surface area contributed by atoms with E-state index in [0.717, 1.165) is 4.90 Å². The van der Waals surface area contributed by atoms with Crippen LogP contribution in [0.3, 0.4) is 0 Å². The van der Waals surface area contributed by atoms with Gasteiger partial charge in [0, 0.05) is 23.2 Å². The van der Waals surface area contributed by atoms with E-state index in [1.54, 1.807) is 44.3 Å². The van der Waals surface area contributed by atoms with Crippen LogP contribution < -0.4 is 16.0 Å². The number of nitrogens with one attached hydrogen (secondary N) is 3. The van der Waals surface area contributed by atoms with E-state index in [0.29, 0.717) is 16.9 Å². The molecule has 0 aliphatic carbocycles. The predicted molar refractivity (Wildman–Crippen MR) is 97.8 cm³/mol. The zero-order valence-corrected chi connectivity index (χ0v) is 14.6. The molecule has 2 aromatic rings. The number of thioether (sulfide) groups is 1. The van der Waals surface area contributed by atoms with Gasteiger partial charge in [0.15, 0.2) is 4.75 Å². The zero-order valence-electron chi connectivity index (χ0n) is 13.8. The monoisotopic (exact) mass is 355 g/mol. The van der Waals surface area contributed by atoms with Crippen molar-refractivity contribution in [1.82, 2.24) is 5.32 Å². The molecule has 1 heterocycles. The van der Waals surface area contributed by atoms with Crippen molar-refractivity contribution in [2.45, 2.75) is 16.6 Å². The molecule has 3 amide bonds. The largest absolute Gasteiger partial charge is 0.355 e. The third-order valence-electron chi connectivity index (χ3n) is 3.95. The molecule has 0 bridgehead atoms. The van der Waals surface area contributed by atoms with Gasteiger partial charge in [-0.1, -0.05) is 23.9 Å². The summed E-state index contributed by atoms with van der Waals surface area (Å²) in [7, 11) is 1.55. The van der Waals surface area contributed by atoms with E-state index in [2.05, 4.69) is 16.0 Å². The molecule has 1 atom stereocenters. The van der Waals surface area contributed by atoms with Gasteiger partial charge in [-0.05, 0) is 43.3 Å². The average Bonchev–Trinajstić information content (AvgIpc) is 2.62. The minimum Gasteiger partial charge on any atom is -0.355 e. The average molecular weight is 355 g/mol. The van der Waals surface area contributed by atoms with Crippen LogP contribution in [0.2, 0.25) is 0 Å². The Labute approximate surface area is 149 Å². The zero-order chi connectivity index (χ0) is 18.0. The highest BCUT2D eigenvalue weighted by molar-refractivity contribution is 8.02. The fourth-order valence-corrected chi connectivity index (χ4v) is 3.52. The molecule has 1 aliphatic heterocycles. The Hall–Kier alpha value is -2.80. The van der Waals surface area contributed by atoms with Crippen molar-refractivity contribution in [3.63, 3.8) is 0 Å². The second-order valence-electron chi connectivity index (χ2n) is 5.70. The topological polar surface area (TPSA) is 87.3 Å². The van der Waals surface area contributed by atoms with Crippen LogP contribution in [0.1, 0.15) is 17.3 Å². The molecule has 128 valence electrons. The van der Waals surface area contributed by atoms with Crippen molar-refractivity contribution in [1.29, 1.82) is 0 Å². The van der Waals surface area contributed by atoms with Gasteiger partial charge in [-0.3, -0.25) is 14.4 Å². The van der Waals surface area contributed by atoms with Crippen molar-refractivity contribution >= 4 is 40.9 Å². The molecule has 0 radical (unpaired) electrons. The minimum atomic E-state index is -1.28. The van der Waals surface area contributed by atoms with Gasteiger partial charge in [0.2, 0.25) is 11.8 Å². The molecule has 0 aromatic heterocycles. The van der Waals surface area contributed by atoms with E-state index in [4.69, 9.17) is 0 Å². The SMILES string of the molecule is CNC(=O)c1ccc(NC(=O)C2(C)Sc3ccccc3NC2=O)cc1. The molecular weight excluding hydrogens is 338 g/mol. The Morgan fingerprint density at radius 2 is 1.76 bits per heavy atom. The summed E-state index contributed by atoms with van der Waals surface area (Å²) in [4.78, 5) is 37.6. The summed E-state index contributed by atoms with van der Waals surface area (Å²) in [6, 6.07) is 13.8. The highest BCUT2D eigenvalue weighted by Gasteiger charge is 2.45. The highest BCUT2D eigenvalue weighted by atomic mass is 32.2. The first-order valence-electron chi connectivity index (χ1n) is 7.67. The fraction of sp³-hybridized carbons (Fsp3) is 0.167. The van der Waals surface area contributed by atoms with E-state index in [1.807, 2.05) is 18.2 Å². The number of hydrogen-bond donors (Lipinski definition) is 3. The van der Waals surface area contributed by atoms with Crippen LogP contribution in [-0.2, 0) is 9.59 Å². The van der Waals surface area contributed by atoms with E-state index < -0.39 is 10.7 Å². The molecule has 0 fully saturated rings. The number of rotatable bonds is 3. The van der Waals surface area contributed by atoms with Crippen molar-refractivity contribution < 1.29 is 14.4 Å². The summed E-state index contributed by atoms with van der Waals surface area (Å²) < 4.78 is -1.28. The maximum Gasteiger partial charge on any atom is 0.251 e. The van der Waals surface area contributed by atoms with Crippen molar-refractivity contribution in [3.05, 3.63) is 54.1 Å². The Bertz CT molecular complexity index is 851. The summed E-state index contributed by atoms with van der Waals surface area (Å²) in [5.41, 5.74) is 1.72. The first-order valence-corrected chi connectivity index (χ1v) is 8.49. The van der Waals surface area contributed by atoms with Gasteiger partial charge < -0.3 is 16.0 Å². The second-order valence-corrected chi connectivity index (χ2v) is 7.16. The van der Waals surface area contributed by atoms with Gasteiger partial charge in [0.25, 0.3) is 5.91 Å². The Kier molecular flexibility index (Phi) is 4.50. The normalized spacial score (nSPS) is 18.7. The van der Waals surface area contributed by atoms with Crippen molar-refractivity contribution in [3.8, 4) is 0 Å². The summed E-state index contributed by atoms with van der Waals surface area (Å²) in [5.74, 6) is -0.989. The molecular formula is C18H17N3O3S. The van der Waals surface area contributed by atoms with Gasteiger partial charge >= 0.3 is 0 Å². The predicted octanol–water partition coefficient (Wildman–Crippen LogP) is 2.49. The molecule has 0 saturated heterocycles.